The highest BCUT2D eigenvalue weighted by molar-refractivity contribution is 5.85. The average molecular weight is 264 g/mol. The Balaban J connectivity index is 0.000000321. The van der Waals surface area contributed by atoms with Crippen LogP contribution in [-0.4, -0.2) is 0 Å². The van der Waals surface area contributed by atoms with E-state index in [9.17, 15) is 0 Å². The Kier molecular flexibility index (Phi) is 8.77. The maximum atomic E-state index is 5.36. The quantitative estimate of drug-likeness (QED) is 0.767. The van der Waals surface area contributed by atoms with E-state index in [2.05, 4.69) is 44.2 Å². The van der Waals surface area contributed by atoms with E-state index >= 15 is 0 Å². The van der Waals surface area contributed by atoms with Crippen molar-refractivity contribution in [1.82, 2.24) is 0 Å². The molecule has 2 N–H and O–H groups in total. The molecule has 2 aromatic carbocycles. The smallest absolute Gasteiger partial charge is 0.0313 e. The molecule has 0 aliphatic heterocycles. The van der Waals surface area contributed by atoms with Gasteiger partial charge in [0.2, 0.25) is 0 Å². The molecular formula is C16H22ClN. The fourth-order valence-corrected chi connectivity index (χ4v) is 1.47. The molecule has 0 heterocycles. The summed E-state index contributed by atoms with van der Waals surface area (Å²) in [7, 11) is 0. The molecular weight excluding hydrogens is 242 g/mol. The number of nitrogens with two attached hydrogens (primary N) is 1. The third-order valence-electron chi connectivity index (χ3n) is 2.78. The highest BCUT2D eigenvalue weighted by Crippen LogP contribution is 2.16. The molecule has 0 spiro atoms. The SMILES string of the molecule is CCC(C)c1ccccc1.Cl.Nc1ccccc1. The summed E-state index contributed by atoms with van der Waals surface area (Å²) in [5, 5.41) is 0. The van der Waals surface area contributed by atoms with Gasteiger partial charge in [0.05, 0.1) is 0 Å². The second-order valence-electron chi connectivity index (χ2n) is 4.13. The van der Waals surface area contributed by atoms with Crippen LogP contribution in [0.15, 0.2) is 60.7 Å². The number of para-hydroxylation sites is 1. The summed E-state index contributed by atoms with van der Waals surface area (Å²) in [4.78, 5) is 0. The minimum Gasteiger partial charge on any atom is -0.399 e. The van der Waals surface area contributed by atoms with Gasteiger partial charge in [-0.25, -0.2) is 0 Å². The zero-order chi connectivity index (χ0) is 12.5. The van der Waals surface area contributed by atoms with E-state index in [1.807, 2.05) is 30.3 Å². The maximum absolute atomic E-state index is 5.36. The van der Waals surface area contributed by atoms with Crippen molar-refractivity contribution in [2.24, 2.45) is 0 Å². The van der Waals surface area contributed by atoms with Crippen molar-refractivity contribution in [1.29, 1.82) is 0 Å². The van der Waals surface area contributed by atoms with Crippen LogP contribution >= 0.6 is 12.4 Å². The van der Waals surface area contributed by atoms with Gasteiger partial charge in [0.15, 0.2) is 0 Å². The first kappa shape index (κ1) is 16.5. The van der Waals surface area contributed by atoms with Crippen molar-refractivity contribution in [3.8, 4) is 0 Å². The van der Waals surface area contributed by atoms with Crippen molar-refractivity contribution < 1.29 is 0 Å². The van der Waals surface area contributed by atoms with E-state index in [0.717, 1.165) is 5.69 Å². The number of benzene rings is 2. The topological polar surface area (TPSA) is 26.0 Å². The lowest BCUT2D eigenvalue weighted by atomic mass is 9.99. The van der Waals surface area contributed by atoms with Gasteiger partial charge in [0.25, 0.3) is 0 Å². The summed E-state index contributed by atoms with van der Waals surface area (Å²) in [6.45, 7) is 4.48. The van der Waals surface area contributed by atoms with E-state index in [1.54, 1.807) is 0 Å². The summed E-state index contributed by atoms with van der Waals surface area (Å²) < 4.78 is 0. The van der Waals surface area contributed by atoms with E-state index < -0.39 is 0 Å². The van der Waals surface area contributed by atoms with Crippen molar-refractivity contribution in [2.75, 3.05) is 5.73 Å². The Labute approximate surface area is 116 Å². The molecule has 18 heavy (non-hydrogen) atoms. The first-order chi connectivity index (χ1) is 8.24. The van der Waals surface area contributed by atoms with Gasteiger partial charge in [-0.05, 0) is 30.0 Å². The largest absolute Gasteiger partial charge is 0.399 e. The van der Waals surface area contributed by atoms with Gasteiger partial charge in [-0.15, -0.1) is 12.4 Å². The Morgan fingerprint density at radius 1 is 0.889 bits per heavy atom. The molecule has 1 nitrogen and oxygen atoms in total. The molecule has 1 atom stereocenters. The van der Waals surface area contributed by atoms with Gasteiger partial charge in [-0.3, -0.25) is 0 Å². The second kappa shape index (κ2) is 9.55. The molecule has 0 amide bonds. The fraction of sp³-hybridized carbons (Fsp3) is 0.250. The third kappa shape index (κ3) is 6.31. The molecule has 0 aromatic heterocycles. The third-order valence-corrected chi connectivity index (χ3v) is 2.78. The highest BCUT2D eigenvalue weighted by Gasteiger charge is 1.98. The van der Waals surface area contributed by atoms with Crippen LogP contribution in [0.25, 0.3) is 0 Å². The zero-order valence-corrected chi connectivity index (χ0v) is 11.9. The van der Waals surface area contributed by atoms with Gasteiger partial charge in [0, 0.05) is 5.69 Å². The number of hydrogen-bond acceptors (Lipinski definition) is 1. The Bertz CT molecular complexity index is 400. The maximum Gasteiger partial charge on any atom is 0.0313 e. The van der Waals surface area contributed by atoms with E-state index in [0.29, 0.717) is 5.92 Å². The van der Waals surface area contributed by atoms with E-state index in [-0.39, 0.29) is 12.4 Å². The summed E-state index contributed by atoms with van der Waals surface area (Å²) in [5.41, 5.74) is 7.63. The number of rotatable bonds is 2. The molecule has 98 valence electrons. The predicted octanol–water partition coefficient (Wildman–Crippen LogP) is 4.89. The minimum atomic E-state index is 0. The molecule has 0 aliphatic carbocycles. The van der Waals surface area contributed by atoms with E-state index in [1.165, 1.54) is 12.0 Å². The standard InChI is InChI=1S/C10H14.C6H7N.ClH/c1-3-9(2)10-7-5-4-6-8-10;7-6-4-2-1-3-5-6;/h4-9H,3H2,1-2H3;1-5H,7H2;1H. The molecule has 0 saturated carbocycles. The number of halogens is 1. The molecule has 2 heteroatoms. The van der Waals surface area contributed by atoms with Crippen LogP contribution in [0.3, 0.4) is 0 Å². The van der Waals surface area contributed by atoms with Gasteiger partial charge >= 0.3 is 0 Å². The first-order valence-electron chi connectivity index (χ1n) is 6.09. The Morgan fingerprint density at radius 2 is 1.33 bits per heavy atom. The first-order valence-corrected chi connectivity index (χ1v) is 6.09. The van der Waals surface area contributed by atoms with Crippen molar-refractivity contribution >= 4 is 18.1 Å². The Morgan fingerprint density at radius 3 is 1.67 bits per heavy atom. The minimum absolute atomic E-state index is 0. The lowest BCUT2D eigenvalue weighted by molar-refractivity contribution is 0.733. The Hall–Kier alpha value is -1.47. The zero-order valence-electron chi connectivity index (χ0n) is 11.0. The van der Waals surface area contributed by atoms with Crippen LogP contribution in [0.4, 0.5) is 5.69 Å². The summed E-state index contributed by atoms with van der Waals surface area (Å²) in [6, 6.07) is 20.1. The van der Waals surface area contributed by atoms with Crippen LogP contribution in [-0.2, 0) is 0 Å². The molecule has 0 aliphatic rings. The van der Waals surface area contributed by atoms with Crippen molar-refractivity contribution in [3.63, 3.8) is 0 Å². The second-order valence-corrected chi connectivity index (χ2v) is 4.13. The average Bonchev–Trinajstić information content (AvgIpc) is 2.40. The van der Waals surface area contributed by atoms with Crippen molar-refractivity contribution in [2.45, 2.75) is 26.2 Å². The fourth-order valence-electron chi connectivity index (χ4n) is 1.47. The lowest BCUT2D eigenvalue weighted by Crippen LogP contribution is -1.88. The summed E-state index contributed by atoms with van der Waals surface area (Å²) in [6.07, 6.45) is 1.23. The van der Waals surface area contributed by atoms with E-state index in [4.69, 9.17) is 5.73 Å². The molecule has 0 bridgehead atoms. The van der Waals surface area contributed by atoms with Gasteiger partial charge in [-0.2, -0.15) is 0 Å². The molecule has 2 aromatic rings. The van der Waals surface area contributed by atoms with Gasteiger partial charge < -0.3 is 5.73 Å². The molecule has 1 unspecified atom stereocenters. The molecule has 0 radical (unpaired) electrons. The summed E-state index contributed by atoms with van der Waals surface area (Å²) >= 11 is 0. The van der Waals surface area contributed by atoms with Gasteiger partial charge in [0.1, 0.15) is 0 Å². The van der Waals surface area contributed by atoms with Crippen LogP contribution in [0, 0.1) is 0 Å². The normalized spacial score (nSPS) is 10.6. The number of hydrogen-bond donors (Lipinski definition) is 1. The highest BCUT2D eigenvalue weighted by atomic mass is 35.5. The van der Waals surface area contributed by atoms with Crippen LogP contribution in [0.1, 0.15) is 31.7 Å². The predicted molar refractivity (Wildman–Crippen MR) is 83.3 cm³/mol. The monoisotopic (exact) mass is 263 g/mol. The number of anilines is 1. The van der Waals surface area contributed by atoms with Crippen LogP contribution < -0.4 is 5.73 Å². The molecule has 0 fully saturated rings. The lowest BCUT2D eigenvalue weighted by Gasteiger charge is -2.06. The molecule has 0 saturated heterocycles. The number of nitrogen functional groups attached to an aromatic ring is 1. The van der Waals surface area contributed by atoms with Crippen LogP contribution in [0.5, 0.6) is 0 Å². The summed E-state index contributed by atoms with van der Waals surface area (Å²) in [5.74, 6) is 0.709. The van der Waals surface area contributed by atoms with Crippen LogP contribution in [0.2, 0.25) is 0 Å². The van der Waals surface area contributed by atoms with Gasteiger partial charge in [-0.1, -0.05) is 62.4 Å². The molecule has 2 rings (SSSR count). The van der Waals surface area contributed by atoms with Crippen molar-refractivity contribution in [3.05, 3.63) is 66.2 Å².